The lowest BCUT2D eigenvalue weighted by Crippen LogP contribution is -2.39. The predicted octanol–water partition coefficient (Wildman–Crippen LogP) is 3.51. The van der Waals surface area contributed by atoms with Crippen LogP contribution in [0.25, 0.3) is 6.08 Å². The monoisotopic (exact) mass is 492 g/mol. The summed E-state index contributed by atoms with van der Waals surface area (Å²) in [6.07, 6.45) is 1.81. The van der Waals surface area contributed by atoms with Gasteiger partial charge in [0.1, 0.15) is 0 Å². The lowest BCUT2D eigenvalue weighted by atomic mass is 9.95. The summed E-state index contributed by atoms with van der Waals surface area (Å²) in [5, 5.41) is 0. The van der Waals surface area contributed by atoms with Crippen molar-refractivity contribution >= 4 is 23.4 Å². The molecule has 0 bridgehead atoms. The summed E-state index contributed by atoms with van der Waals surface area (Å²) in [6, 6.07) is 12.7. The standard InChI is InChI=1S/C27H28N2O5S/c1-6-33-21-14-18(10-13-20(21)32-5)15-22-25(30)29-24(19-11-8-16(3)9-12-19)23(26(31)34-7-2)17(4)28-27(29)35-22/h8-15,24H,6-7H2,1-5H3. The van der Waals surface area contributed by atoms with E-state index in [9.17, 15) is 9.59 Å². The second-order valence-electron chi connectivity index (χ2n) is 8.06. The van der Waals surface area contributed by atoms with Crippen LogP contribution in [-0.4, -0.2) is 30.9 Å². The van der Waals surface area contributed by atoms with Gasteiger partial charge in [0.15, 0.2) is 16.3 Å². The number of hydrogen-bond donors (Lipinski definition) is 0. The van der Waals surface area contributed by atoms with Gasteiger partial charge in [-0.05, 0) is 57.0 Å². The molecule has 1 atom stereocenters. The minimum absolute atomic E-state index is 0.220. The number of nitrogens with zero attached hydrogens (tertiary/aromatic N) is 2. The summed E-state index contributed by atoms with van der Waals surface area (Å²) < 4.78 is 18.5. The molecule has 8 heteroatoms. The third-order valence-corrected chi connectivity index (χ3v) is 6.68. The third-order valence-electron chi connectivity index (χ3n) is 5.70. The minimum atomic E-state index is -0.622. The Morgan fingerprint density at radius 2 is 1.83 bits per heavy atom. The molecule has 1 aromatic heterocycles. The first-order valence-corrected chi connectivity index (χ1v) is 12.3. The van der Waals surface area contributed by atoms with Crippen LogP contribution < -0.4 is 24.4 Å². The molecule has 0 saturated carbocycles. The number of thiazole rings is 1. The Hall–Kier alpha value is -3.65. The number of aryl methyl sites for hydroxylation is 1. The van der Waals surface area contributed by atoms with Gasteiger partial charge in [0.25, 0.3) is 5.56 Å². The van der Waals surface area contributed by atoms with Crippen LogP contribution in [0, 0.1) is 6.92 Å². The average molecular weight is 493 g/mol. The van der Waals surface area contributed by atoms with Crippen molar-refractivity contribution in [1.29, 1.82) is 0 Å². The number of benzene rings is 2. The van der Waals surface area contributed by atoms with Crippen molar-refractivity contribution in [2.45, 2.75) is 33.7 Å². The van der Waals surface area contributed by atoms with Gasteiger partial charge in [0, 0.05) is 0 Å². The van der Waals surface area contributed by atoms with E-state index in [1.54, 1.807) is 31.6 Å². The third kappa shape index (κ3) is 4.79. The molecule has 35 heavy (non-hydrogen) atoms. The molecule has 7 nitrogen and oxygen atoms in total. The molecule has 0 N–H and O–H groups in total. The normalized spacial score (nSPS) is 15.5. The van der Waals surface area contributed by atoms with Crippen molar-refractivity contribution in [3.63, 3.8) is 0 Å². The van der Waals surface area contributed by atoms with E-state index in [1.807, 2.05) is 56.3 Å². The Labute approximate surface area is 207 Å². The van der Waals surface area contributed by atoms with Crippen LogP contribution in [0.2, 0.25) is 0 Å². The van der Waals surface area contributed by atoms with Gasteiger partial charge in [-0.2, -0.15) is 0 Å². The molecular weight excluding hydrogens is 464 g/mol. The summed E-state index contributed by atoms with van der Waals surface area (Å²) in [5.41, 5.74) is 3.41. The fraction of sp³-hybridized carbons (Fsp3) is 0.296. The molecule has 4 rings (SSSR count). The Balaban J connectivity index is 1.91. The Kier molecular flexibility index (Phi) is 7.21. The smallest absolute Gasteiger partial charge is 0.338 e. The molecule has 0 spiro atoms. The maximum absolute atomic E-state index is 13.7. The van der Waals surface area contributed by atoms with Gasteiger partial charge in [-0.1, -0.05) is 47.2 Å². The highest BCUT2D eigenvalue weighted by molar-refractivity contribution is 7.07. The van der Waals surface area contributed by atoms with Crippen molar-refractivity contribution in [1.82, 2.24) is 4.57 Å². The molecule has 1 aliphatic rings. The molecule has 0 saturated heterocycles. The number of methoxy groups -OCH3 is 1. The number of carbonyl (C=O) groups is 1. The van der Waals surface area contributed by atoms with E-state index < -0.39 is 12.0 Å². The molecule has 0 aliphatic carbocycles. The van der Waals surface area contributed by atoms with E-state index in [-0.39, 0.29) is 12.2 Å². The second kappa shape index (κ2) is 10.3. The summed E-state index contributed by atoms with van der Waals surface area (Å²) in [5.74, 6) is 0.763. The number of rotatable bonds is 7. The Morgan fingerprint density at radius 1 is 1.09 bits per heavy atom. The molecule has 0 amide bonds. The molecule has 2 heterocycles. The highest BCUT2D eigenvalue weighted by Crippen LogP contribution is 2.31. The number of hydrogen-bond acceptors (Lipinski definition) is 7. The van der Waals surface area contributed by atoms with Crippen LogP contribution in [0.3, 0.4) is 0 Å². The van der Waals surface area contributed by atoms with Gasteiger partial charge in [-0.3, -0.25) is 9.36 Å². The SMILES string of the molecule is CCOC(=O)C1=C(C)N=c2sc(=Cc3ccc(OC)c(OCC)c3)c(=O)n2C1c1ccc(C)cc1. The van der Waals surface area contributed by atoms with Gasteiger partial charge in [-0.25, -0.2) is 9.79 Å². The van der Waals surface area contributed by atoms with Crippen LogP contribution in [0.15, 0.2) is 63.5 Å². The number of esters is 1. The minimum Gasteiger partial charge on any atom is -0.493 e. The molecular formula is C27H28N2O5S. The van der Waals surface area contributed by atoms with Crippen molar-refractivity contribution in [2.75, 3.05) is 20.3 Å². The van der Waals surface area contributed by atoms with Gasteiger partial charge in [0.2, 0.25) is 0 Å². The Morgan fingerprint density at radius 3 is 2.49 bits per heavy atom. The van der Waals surface area contributed by atoms with E-state index >= 15 is 0 Å². The quantitative estimate of drug-likeness (QED) is 0.472. The number of carbonyl (C=O) groups excluding carboxylic acids is 1. The maximum Gasteiger partial charge on any atom is 0.338 e. The molecule has 0 fully saturated rings. The van der Waals surface area contributed by atoms with E-state index in [1.165, 1.54) is 11.3 Å². The molecule has 0 radical (unpaired) electrons. The van der Waals surface area contributed by atoms with Crippen molar-refractivity contribution in [2.24, 2.45) is 4.99 Å². The average Bonchev–Trinajstić information content (AvgIpc) is 3.13. The lowest BCUT2D eigenvalue weighted by Gasteiger charge is -2.24. The number of fused-ring (bicyclic) bond motifs is 1. The van der Waals surface area contributed by atoms with E-state index in [2.05, 4.69) is 4.99 Å². The second-order valence-corrected chi connectivity index (χ2v) is 9.07. The van der Waals surface area contributed by atoms with E-state index in [0.717, 1.165) is 16.7 Å². The fourth-order valence-electron chi connectivity index (χ4n) is 4.06. The molecule has 182 valence electrons. The van der Waals surface area contributed by atoms with Gasteiger partial charge in [-0.15, -0.1) is 0 Å². The maximum atomic E-state index is 13.7. The van der Waals surface area contributed by atoms with Crippen molar-refractivity contribution in [3.8, 4) is 11.5 Å². The van der Waals surface area contributed by atoms with E-state index in [0.29, 0.717) is 38.7 Å². The van der Waals surface area contributed by atoms with Gasteiger partial charge < -0.3 is 14.2 Å². The van der Waals surface area contributed by atoms with Crippen LogP contribution >= 0.6 is 11.3 Å². The number of ether oxygens (including phenoxy) is 3. The topological polar surface area (TPSA) is 79.1 Å². The van der Waals surface area contributed by atoms with Crippen LogP contribution in [0.5, 0.6) is 11.5 Å². The highest BCUT2D eigenvalue weighted by Gasteiger charge is 2.33. The zero-order chi connectivity index (χ0) is 25.1. The summed E-state index contributed by atoms with van der Waals surface area (Å²) in [4.78, 5) is 31.8. The van der Waals surface area contributed by atoms with Crippen LogP contribution in [0.4, 0.5) is 0 Å². The largest absolute Gasteiger partial charge is 0.493 e. The zero-order valence-electron chi connectivity index (χ0n) is 20.5. The molecule has 3 aromatic rings. The Bertz CT molecular complexity index is 1460. The van der Waals surface area contributed by atoms with Crippen LogP contribution in [0.1, 0.15) is 43.5 Å². The summed E-state index contributed by atoms with van der Waals surface area (Å²) in [6.45, 7) is 8.17. The molecule has 1 aliphatic heterocycles. The first-order chi connectivity index (χ1) is 16.9. The first kappa shape index (κ1) is 24.5. The zero-order valence-corrected chi connectivity index (χ0v) is 21.3. The fourth-order valence-corrected chi connectivity index (χ4v) is 5.11. The summed E-state index contributed by atoms with van der Waals surface area (Å²) >= 11 is 1.29. The van der Waals surface area contributed by atoms with Crippen LogP contribution in [-0.2, 0) is 9.53 Å². The highest BCUT2D eigenvalue weighted by atomic mass is 32.1. The van der Waals surface area contributed by atoms with E-state index in [4.69, 9.17) is 14.2 Å². The molecule has 2 aromatic carbocycles. The lowest BCUT2D eigenvalue weighted by molar-refractivity contribution is -0.139. The summed E-state index contributed by atoms with van der Waals surface area (Å²) in [7, 11) is 1.59. The van der Waals surface area contributed by atoms with Crippen molar-refractivity contribution < 1.29 is 19.0 Å². The number of allylic oxidation sites excluding steroid dienone is 1. The first-order valence-electron chi connectivity index (χ1n) is 11.4. The van der Waals surface area contributed by atoms with Gasteiger partial charge in [0.05, 0.1) is 42.2 Å². The molecule has 1 unspecified atom stereocenters. The van der Waals surface area contributed by atoms with Gasteiger partial charge >= 0.3 is 5.97 Å². The number of aromatic nitrogens is 1. The predicted molar refractivity (Wildman–Crippen MR) is 136 cm³/mol. The van der Waals surface area contributed by atoms with Crippen molar-refractivity contribution in [3.05, 3.63) is 90.1 Å².